The molecule has 2 aromatic rings. The molecule has 0 saturated carbocycles. The second-order valence-corrected chi connectivity index (χ2v) is 6.82. The Balaban J connectivity index is 2.18. The van der Waals surface area contributed by atoms with Crippen molar-refractivity contribution in [2.24, 2.45) is 5.92 Å². The minimum Gasteiger partial charge on any atom is -0.395 e. The van der Waals surface area contributed by atoms with Crippen molar-refractivity contribution in [2.75, 3.05) is 6.61 Å². The van der Waals surface area contributed by atoms with Gasteiger partial charge in [-0.15, -0.1) is 0 Å². The zero-order valence-corrected chi connectivity index (χ0v) is 14.9. The van der Waals surface area contributed by atoms with Crippen molar-refractivity contribution < 1.29 is 9.50 Å². The first kappa shape index (κ1) is 18.6. The van der Waals surface area contributed by atoms with Crippen LogP contribution in [0.5, 0.6) is 0 Å². The Kier molecular flexibility index (Phi) is 6.46. The average molecular weight is 330 g/mol. The zero-order chi connectivity index (χ0) is 17.7. The van der Waals surface area contributed by atoms with Gasteiger partial charge in [0.2, 0.25) is 0 Å². The molecule has 24 heavy (non-hydrogen) atoms. The lowest BCUT2D eigenvalue weighted by atomic mass is 10.0. The Morgan fingerprint density at radius 3 is 2.25 bits per heavy atom. The van der Waals surface area contributed by atoms with Gasteiger partial charge in [0.15, 0.2) is 0 Å². The predicted molar refractivity (Wildman–Crippen MR) is 96.3 cm³/mol. The molecule has 0 saturated heterocycles. The summed E-state index contributed by atoms with van der Waals surface area (Å²) in [6.45, 7) is 8.67. The van der Waals surface area contributed by atoms with Crippen molar-refractivity contribution in [2.45, 2.75) is 46.2 Å². The summed E-state index contributed by atoms with van der Waals surface area (Å²) in [5.41, 5.74) is 3.38. The van der Waals surface area contributed by atoms with E-state index in [-0.39, 0.29) is 24.4 Å². The van der Waals surface area contributed by atoms with Crippen LogP contribution in [0, 0.1) is 11.7 Å². The van der Waals surface area contributed by atoms with E-state index in [1.807, 2.05) is 26.0 Å². The summed E-state index contributed by atoms with van der Waals surface area (Å²) >= 11 is 0. The van der Waals surface area contributed by atoms with Gasteiger partial charge in [0.1, 0.15) is 5.82 Å². The summed E-state index contributed by atoms with van der Waals surface area (Å²) in [5, 5.41) is 12.5. The summed E-state index contributed by atoms with van der Waals surface area (Å²) in [6, 6.07) is 11.3. The minimum atomic E-state index is -0.328. The van der Waals surface area contributed by atoms with Crippen molar-refractivity contribution in [3.8, 4) is 11.3 Å². The summed E-state index contributed by atoms with van der Waals surface area (Å²) in [5.74, 6) is 0.418. The van der Waals surface area contributed by atoms with Gasteiger partial charge in [-0.3, -0.25) is 0 Å². The van der Waals surface area contributed by atoms with Crippen LogP contribution in [0.25, 0.3) is 11.3 Å². The van der Waals surface area contributed by atoms with E-state index in [1.165, 1.54) is 11.6 Å². The highest BCUT2D eigenvalue weighted by Gasteiger charge is 2.14. The Morgan fingerprint density at radius 2 is 1.71 bits per heavy atom. The number of pyridine rings is 1. The van der Waals surface area contributed by atoms with E-state index in [1.54, 1.807) is 6.07 Å². The van der Waals surface area contributed by atoms with Gasteiger partial charge in [0, 0.05) is 18.2 Å². The monoisotopic (exact) mass is 330 g/mol. The Hall–Kier alpha value is -1.78. The Labute approximate surface area is 144 Å². The maximum atomic E-state index is 14.0. The highest BCUT2D eigenvalue weighted by molar-refractivity contribution is 5.59. The molecule has 4 heteroatoms. The van der Waals surface area contributed by atoms with Crippen LogP contribution in [-0.4, -0.2) is 22.7 Å². The van der Waals surface area contributed by atoms with E-state index in [0.29, 0.717) is 18.2 Å². The molecule has 0 aliphatic heterocycles. The third-order valence-corrected chi connectivity index (χ3v) is 4.32. The lowest BCUT2D eigenvalue weighted by Crippen LogP contribution is -2.36. The van der Waals surface area contributed by atoms with Crippen LogP contribution in [0.1, 0.15) is 44.9 Å². The second kappa shape index (κ2) is 8.36. The van der Waals surface area contributed by atoms with Gasteiger partial charge in [-0.2, -0.15) is 0 Å². The molecular formula is C20H27FN2O. The largest absolute Gasteiger partial charge is 0.395 e. The van der Waals surface area contributed by atoms with Crippen LogP contribution in [0.4, 0.5) is 4.39 Å². The highest BCUT2D eigenvalue weighted by atomic mass is 19.1. The van der Waals surface area contributed by atoms with Gasteiger partial charge in [-0.25, -0.2) is 9.37 Å². The number of aromatic nitrogens is 1. The number of aliphatic hydroxyl groups excluding tert-OH is 1. The maximum Gasteiger partial charge on any atom is 0.146 e. The van der Waals surface area contributed by atoms with Crippen LogP contribution in [0.3, 0.4) is 0 Å². The molecule has 0 fully saturated rings. The first-order valence-electron chi connectivity index (χ1n) is 8.52. The first-order chi connectivity index (χ1) is 11.4. The number of aliphatic hydroxyl groups is 1. The van der Waals surface area contributed by atoms with Crippen molar-refractivity contribution in [3.63, 3.8) is 0 Å². The average Bonchev–Trinajstić information content (AvgIpc) is 2.56. The molecule has 0 amide bonds. The third kappa shape index (κ3) is 4.62. The quantitative estimate of drug-likeness (QED) is 0.803. The lowest BCUT2D eigenvalue weighted by Gasteiger charge is -2.20. The van der Waals surface area contributed by atoms with Gasteiger partial charge < -0.3 is 10.4 Å². The maximum absolute atomic E-state index is 14.0. The van der Waals surface area contributed by atoms with Crippen molar-refractivity contribution >= 4 is 0 Å². The number of halogens is 1. The van der Waals surface area contributed by atoms with Gasteiger partial charge in [-0.05, 0) is 29.5 Å². The van der Waals surface area contributed by atoms with Gasteiger partial charge >= 0.3 is 0 Å². The van der Waals surface area contributed by atoms with E-state index in [2.05, 4.69) is 36.3 Å². The fourth-order valence-corrected chi connectivity index (χ4v) is 2.55. The Bertz CT molecular complexity index is 653. The zero-order valence-electron chi connectivity index (χ0n) is 14.9. The molecular weight excluding hydrogens is 303 g/mol. The van der Waals surface area contributed by atoms with E-state index in [0.717, 1.165) is 11.3 Å². The number of hydrogen-bond donors (Lipinski definition) is 2. The lowest BCUT2D eigenvalue weighted by molar-refractivity contribution is 0.209. The number of nitrogens with one attached hydrogen (secondary N) is 1. The van der Waals surface area contributed by atoms with Crippen LogP contribution in [-0.2, 0) is 6.54 Å². The van der Waals surface area contributed by atoms with Crippen molar-refractivity contribution in [1.82, 2.24) is 10.3 Å². The molecule has 0 aliphatic carbocycles. The number of nitrogens with zero attached hydrogens (tertiary/aromatic N) is 1. The van der Waals surface area contributed by atoms with Crippen LogP contribution >= 0.6 is 0 Å². The van der Waals surface area contributed by atoms with Crippen LogP contribution in [0.15, 0.2) is 36.4 Å². The number of hydrogen-bond acceptors (Lipinski definition) is 3. The van der Waals surface area contributed by atoms with Gasteiger partial charge in [0.25, 0.3) is 0 Å². The number of rotatable bonds is 7. The molecule has 0 bridgehead atoms. The molecule has 0 aliphatic rings. The topological polar surface area (TPSA) is 45.1 Å². The Morgan fingerprint density at radius 1 is 1.04 bits per heavy atom. The van der Waals surface area contributed by atoms with Crippen molar-refractivity contribution in [3.05, 3.63) is 53.5 Å². The fourth-order valence-electron chi connectivity index (χ4n) is 2.55. The molecule has 0 unspecified atom stereocenters. The van der Waals surface area contributed by atoms with E-state index < -0.39 is 0 Å². The second-order valence-electron chi connectivity index (χ2n) is 6.82. The third-order valence-electron chi connectivity index (χ3n) is 4.32. The molecule has 0 spiro atoms. The highest BCUT2D eigenvalue weighted by Crippen LogP contribution is 2.22. The smallest absolute Gasteiger partial charge is 0.146 e. The SMILES string of the molecule is CC(C)c1ccc(-c2ccc(F)c(CN[C@@H](CO)C(C)C)n2)cc1. The minimum absolute atomic E-state index is 0.0235. The molecule has 2 N–H and O–H groups in total. The van der Waals surface area contributed by atoms with E-state index in [9.17, 15) is 9.50 Å². The normalized spacial score (nSPS) is 12.8. The standard InChI is InChI=1S/C20H27FN2O/c1-13(2)15-5-7-16(8-6-15)18-10-9-17(21)19(23-18)11-22-20(12-24)14(3)4/h5-10,13-14,20,22,24H,11-12H2,1-4H3/t20-/m0/s1. The molecule has 3 nitrogen and oxygen atoms in total. The number of benzene rings is 1. The predicted octanol–water partition coefficient (Wildman–Crippen LogP) is 4.12. The van der Waals surface area contributed by atoms with Crippen LogP contribution < -0.4 is 5.32 Å². The van der Waals surface area contributed by atoms with E-state index in [4.69, 9.17) is 0 Å². The van der Waals surface area contributed by atoms with Crippen molar-refractivity contribution in [1.29, 1.82) is 0 Å². The van der Waals surface area contributed by atoms with Gasteiger partial charge in [-0.1, -0.05) is 52.0 Å². The summed E-state index contributed by atoms with van der Waals surface area (Å²) in [7, 11) is 0. The first-order valence-corrected chi connectivity index (χ1v) is 8.52. The van der Waals surface area contributed by atoms with E-state index >= 15 is 0 Å². The van der Waals surface area contributed by atoms with Gasteiger partial charge in [0.05, 0.1) is 18.0 Å². The summed E-state index contributed by atoms with van der Waals surface area (Å²) < 4.78 is 14.0. The molecule has 2 rings (SSSR count). The molecule has 1 aromatic heterocycles. The molecule has 1 aromatic carbocycles. The molecule has 130 valence electrons. The molecule has 1 atom stereocenters. The fraction of sp³-hybridized carbons (Fsp3) is 0.450. The molecule has 0 radical (unpaired) electrons. The summed E-state index contributed by atoms with van der Waals surface area (Å²) in [4.78, 5) is 4.46. The summed E-state index contributed by atoms with van der Waals surface area (Å²) in [6.07, 6.45) is 0. The molecule has 1 heterocycles. The van der Waals surface area contributed by atoms with Crippen LogP contribution in [0.2, 0.25) is 0 Å².